The summed E-state index contributed by atoms with van der Waals surface area (Å²) in [5.41, 5.74) is 0.251. The highest BCUT2D eigenvalue weighted by atomic mass is 35.5. The SMILES string of the molecule is N#CC1CN1C(=O)CNC(=O)c1ccc(Cl)cc1Cl. The minimum absolute atomic E-state index is 0.157. The van der Waals surface area contributed by atoms with Crippen LogP contribution in [0.4, 0.5) is 0 Å². The van der Waals surface area contributed by atoms with Crippen LogP contribution in [0, 0.1) is 11.3 Å². The van der Waals surface area contributed by atoms with Crippen molar-refractivity contribution in [3.63, 3.8) is 0 Å². The number of carbonyl (C=O) groups is 2. The molecule has 2 rings (SSSR count). The summed E-state index contributed by atoms with van der Waals surface area (Å²) < 4.78 is 0. The van der Waals surface area contributed by atoms with Gasteiger partial charge in [0.25, 0.3) is 5.91 Å². The van der Waals surface area contributed by atoms with E-state index < -0.39 is 5.91 Å². The van der Waals surface area contributed by atoms with Gasteiger partial charge in [-0.3, -0.25) is 9.59 Å². The first-order valence-electron chi connectivity index (χ1n) is 5.45. The van der Waals surface area contributed by atoms with E-state index in [1.54, 1.807) is 6.07 Å². The zero-order valence-electron chi connectivity index (χ0n) is 9.69. The number of nitriles is 1. The highest BCUT2D eigenvalue weighted by molar-refractivity contribution is 6.36. The van der Waals surface area contributed by atoms with Gasteiger partial charge in [-0.2, -0.15) is 5.26 Å². The van der Waals surface area contributed by atoms with Crippen LogP contribution >= 0.6 is 23.2 Å². The highest BCUT2D eigenvalue weighted by Crippen LogP contribution is 2.21. The molecule has 7 heteroatoms. The van der Waals surface area contributed by atoms with Crippen LogP contribution in [-0.4, -0.2) is 35.8 Å². The molecule has 2 amide bonds. The standard InChI is InChI=1S/C12H9Cl2N3O2/c13-7-1-2-9(10(14)3-7)12(19)16-5-11(18)17-6-8(17)4-15/h1-3,8H,5-6H2,(H,16,19). The van der Waals surface area contributed by atoms with E-state index in [0.717, 1.165) is 0 Å². The van der Waals surface area contributed by atoms with E-state index in [2.05, 4.69) is 5.32 Å². The van der Waals surface area contributed by atoms with Crippen molar-refractivity contribution in [2.24, 2.45) is 0 Å². The van der Waals surface area contributed by atoms with Gasteiger partial charge in [-0.15, -0.1) is 0 Å². The van der Waals surface area contributed by atoms with E-state index in [9.17, 15) is 9.59 Å². The van der Waals surface area contributed by atoms with Crippen molar-refractivity contribution in [1.82, 2.24) is 10.2 Å². The molecule has 1 N–H and O–H groups in total. The summed E-state index contributed by atoms with van der Waals surface area (Å²) in [7, 11) is 0. The number of hydrogen-bond donors (Lipinski definition) is 1. The van der Waals surface area contributed by atoms with Gasteiger partial charge in [-0.05, 0) is 18.2 Å². The predicted octanol–water partition coefficient (Wildman–Crippen LogP) is 1.46. The number of nitrogens with zero attached hydrogens (tertiary/aromatic N) is 2. The van der Waals surface area contributed by atoms with Gasteiger partial charge in [0.15, 0.2) is 0 Å². The van der Waals surface area contributed by atoms with E-state index in [-0.39, 0.29) is 29.1 Å². The third kappa shape index (κ3) is 3.16. The maximum Gasteiger partial charge on any atom is 0.253 e. The molecule has 1 aliphatic heterocycles. The number of benzene rings is 1. The summed E-state index contributed by atoms with van der Waals surface area (Å²) in [6.07, 6.45) is 0. The molecule has 5 nitrogen and oxygen atoms in total. The number of nitrogens with one attached hydrogen (secondary N) is 1. The van der Waals surface area contributed by atoms with Crippen LogP contribution in [0.3, 0.4) is 0 Å². The van der Waals surface area contributed by atoms with Crippen molar-refractivity contribution in [2.45, 2.75) is 6.04 Å². The average Bonchev–Trinajstić information content (AvgIpc) is 3.15. The summed E-state index contributed by atoms with van der Waals surface area (Å²) in [6.45, 7) is 0.267. The molecule has 0 aliphatic carbocycles. The Kier molecular flexibility index (Phi) is 3.93. The van der Waals surface area contributed by atoms with Gasteiger partial charge in [0.05, 0.1) is 29.7 Å². The molecule has 0 spiro atoms. The zero-order valence-corrected chi connectivity index (χ0v) is 11.2. The molecule has 1 fully saturated rings. The third-order valence-electron chi connectivity index (χ3n) is 2.66. The van der Waals surface area contributed by atoms with Crippen LogP contribution in [0.2, 0.25) is 10.0 Å². The second-order valence-electron chi connectivity index (χ2n) is 4.00. The summed E-state index contributed by atoms with van der Waals surface area (Å²) in [5, 5.41) is 11.7. The first kappa shape index (κ1) is 13.7. The molecule has 1 aromatic rings. The van der Waals surface area contributed by atoms with Crippen molar-refractivity contribution >= 4 is 35.0 Å². The van der Waals surface area contributed by atoms with Gasteiger partial charge < -0.3 is 10.2 Å². The Hall–Kier alpha value is -1.77. The molecule has 1 atom stereocenters. The Labute approximate surface area is 119 Å². The maximum atomic E-state index is 11.8. The van der Waals surface area contributed by atoms with Crippen LogP contribution in [0.15, 0.2) is 18.2 Å². The Morgan fingerprint density at radius 3 is 2.79 bits per heavy atom. The zero-order chi connectivity index (χ0) is 14.0. The lowest BCUT2D eigenvalue weighted by atomic mass is 10.2. The van der Waals surface area contributed by atoms with Crippen LogP contribution < -0.4 is 5.32 Å². The molecule has 1 heterocycles. The topological polar surface area (TPSA) is 73.0 Å². The predicted molar refractivity (Wildman–Crippen MR) is 69.9 cm³/mol. The fourth-order valence-electron chi connectivity index (χ4n) is 1.55. The molecular weight excluding hydrogens is 289 g/mol. The molecule has 1 aliphatic rings. The molecule has 0 saturated carbocycles. The van der Waals surface area contributed by atoms with Gasteiger partial charge in [0.1, 0.15) is 6.04 Å². The van der Waals surface area contributed by atoms with Crippen molar-refractivity contribution in [3.05, 3.63) is 33.8 Å². The summed E-state index contributed by atoms with van der Waals surface area (Å²) in [6, 6.07) is 6.09. The molecule has 1 unspecified atom stereocenters. The highest BCUT2D eigenvalue weighted by Gasteiger charge is 2.38. The van der Waals surface area contributed by atoms with Gasteiger partial charge >= 0.3 is 0 Å². The van der Waals surface area contributed by atoms with Crippen LogP contribution in [0.5, 0.6) is 0 Å². The smallest absolute Gasteiger partial charge is 0.253 e. The van der Waals surface area contributed by atoms with E-state index in [4.69, 9.17) is 28.5 Å². The Bertz CT molecular complexity index is 583. The molecule has 0 radical (unpaired) electrons. The second kappa shape index (κ2) is 5.47. The minimum atomic E-state index is -0.453. The number of rotatable bonds is 3. The first-order chi connectivity index (χ1) is 9.02. The molecule has 1 saturated heterocycles. The lowest BCUT2D eigenvalue weighted by Crippen LogP contribution is -2.33. The summed E-state index contributed by atoms with van der Waals surface area (Å²) in [5.74, 6) is -0.740. The number of halogens is 2. The van der Waals surface area contributed by atoms with Crippen LogP contribution in [0.25, 0.3) is 0 Å². The first-order valence-corrected chi connectivity index (χ1v) is 6.21. The van der Waals surface area contributed by atoms with Gasteiger partial charge in [0, 0.05) is 5.02 Å². The quantitative estimate of drug-likeness (QED) is 0.859. The number of carbonyl (C=O) groups excluding carboxylic acids is 2. The van der Waals surface area contributed by atoms with Crippen molar-refractivity contribution in [1.29, 1.82) is 5.26 Å². The Balaban J connectivity index is 1.91. The lowest BCUT2D eigenvalue weighted by molar-refractivity contribution is -0.124. The van der Waals surface area contributed by atoms with E-state index in [0.29, 0.717) is 11.6 Å². The summed E-state index contributed by atoms with van der Waals surface area (Å²) >= 11 is 11.6. The fourth-order valence-corrected chi connectivity index (χ4v) is 2.05. The fraction of sp³-hybridized carbons (Fsp3) is 0.250. The van der Waals surface area contributed by atoms with Crippen molar-refractivity contribution < 1.29 is 9.59 Å². The Morgan fingerprint density at radius 1 is 1.47 bits per heavy atom. The van der Waals surface area contributed by atoms with E-state index >= 15 is 0 Å². The van der Waals surface area contributed by atoms with E-state index in [1.165, 1.54) is 17.0 Å². The van der Waals surface area contributed by atoms with E-state index in [1.807, 2.05) is 6.07 Å². The lowest BCUT2D eigenvalue weighted by Gasteiger charge is -2.07. The van der Waals surface area contributed by atoms with Gasteiger partial charge in [-0.25, -0.2) is 0 Å². The summed E-state index contributed by atoms with van der Waals surface area (Å²) in [4.78, 5) is 24.7. The number of amides is 2. The van der Waals surface area contributed by atoms with Crippen LogP contribution in [0.1, 0.15) is 10.4 Å². The molecule has 0 aromatic heterocycles. The molecule has 19 heavy (non-hydrogen) atoms. The second-order valence-corrected chi connectivity index (χ2v) is 4.84. The molecule has 98 valence electrons. The Morgan fingerprint density at radius 2 is 2.21 bits per heavy atom. The molecule has 0 bridgehead atoms. The monoisotopic (exact) mass is 297 g/mol. The van der Waals surface area contributed by atoms with Crippen LogP contribution in [-0.2, 0) is 4.79 Å². The molecule has 1 aromatic carbocycles. The maximum absolute atomic E-state index is 11.8. The minimum Gasteiger partial charge on any atom is -0.343 e. The number of hydrogen-bond acceptors (Lipinski definition) is 3. The van der Waals surface area contributed by atoms with Crippen molar-refractivity contribution in [3.8, 4) is 6.07 Å². The van der Waals surface area contributed by atoms with Gasteiger partial charge in [0.2, 0.25) is 5.91 Å². The van der Waals surface area contributed by atoms with Crippen molar-refractivity contribution in [2.75, 3.05) is 13.1 Å². The van der Waals surface area contributed by atoms with Gasteiger partial charge in [-0.1, -0.05) is 23.2 Å². The average molecular weight is 298 g/mol. The third-order valence-corrected chi connectivity index (χ3v) is 3.21. The largest absolute Gasteiger partial charge is 0.343 e. The normalized spacial score (nSPS) is 16.7. The molecular formula is C12H9Cl2N3O2.